The quantitative estimate of drug-likeness (QED) is 0.321. The van der Waals surface area contributed by atoms with E-state index in [-0.39, 0.29) is 19.0 Å². The van der Waals surface area contributed by atoms with Crippen molar-refractivity contribution in [1.82, 2.24) is 14.8 Å². The van der Waals surface area contributed by atoms with E-state index in [0.717, 1.165) is 72.7 Å². The third-order valence-corrected chi connectivity index (χ3v) is 9.80. The van der Waals surface area contributed by atoms with Crippen LogP contribution in [0.15, 0.2) is 24.5 Å². The number of rotatable bonds is 9. The summed E-state index contributed by atoms with van der Waals surface area (Å²) in [5.41, 5.74) is 3.92. The van der Waals surface area contributed by atoms with Crippen LogP contribution in [0.25, 0.3) is 5.00 Å². The maximum atomic E-state index is 13.0. The number of thiophene rings is 2. The molecule has 0 fully saturated rings. The minimum absolute atomic E-state index is 0.0741. The molecule has 1 N–H and O–H groups in total. The van der Waals surface area contributed by atoms with E-state index >= 15 is 0 Å². The molecule has 37 heavy (non-hydrogen) atoms. The molecule has 0 unspecified atom stereocenters. The van der Waals surface area contributed by atoms with Crippen molar-refractivity contribution in [2.24, 2.45) is 0 Å². The van der Waals surface area contributed by atoms with Crippen LogP contribution in [-0.2, 0) is 53.1 Å². The van der Waals surface area contributed by atoms with Crippen molar-refractivity contribution in [3.63, 3.8) is 0 Å². The lowest BCUT2D eigenvalue weighted by Gasteiger charge is -2.25. The third kappa shape index (κ3) is 5.30. The number of ether oxygens (including phenoxy) is 1. The maximum absolute atomic E-state index is 13.0. The number of hydrogen-bond donors (Lipinski definition) is 1. The van der Waals surface area contributed by atoms with Gasteiger partial charge in [-0.05, 0) is 68.8 Å². The van der Waals surface area contributed by atoms with Gasteiger partial charge in [-0.2, -0.15) is 0 Å². The lowest BCUT2D eigenvalue weighted by atomic mass is 9.94. The van der Waals surface area contributed by atoms with Gasteiger partial charge in [0, 0.05) is 52.2 Å². The highest BCUT2D eigenvalue weighted by molar-refractivity contribution is 7.15. The summed E-state index contributed by atoms with van der Waals surface area (Å²) in [5.74, 6) is -1.51. The zero-order valence-electron chi connectivity index (χ0n) is 21.4. The van der Waals surface area contributed by atoms with Crippen molar-refractivity contribution in [2.45, 2.75) is 65.5 Å². The van der Waals surface area contributed by atoms with Crippen LogP contribution < -0.4 is 5.32 Å². The van der Waals surface area contributed by atoms with Crippen LogP contribution in [0.1, 0.15) is 68.4 Å². The summed E-state index contributed by atoms with van der Waals surface area (Å²) < 4.78 is 7.39. The van der Waals surface area contributed by atoms with E-state index in [9.17, 15) is 14.4 Å². The van der Waals surface area contributed by atoms with E-state index in [2.05, 4.69) is 21.7 Å². The van der Waals surface area contributed by atoms with Crippen molar-refractivity contribution in [3.8, 4) is 5.00 Å². The number of nitrogens with zero attached hydrogens (tertiary/aromatic N) is 2. The number of nitrogens with one attached hydrogen (secondary N) is 1. The third-order valence-electron chi connectivity index (χ3n) is 7.23. The summed E-state index contributed by atoms with van der Waals surface area (Å²) in [5, 5.41) is 3.99. The molecule has 0 bridgehead atoms. The fraction of sp³-hybridized carbons (Fsp3) is 0.464. The molecule has 3 aromatic heterocycles. The summed E-state index contributed by atoms with van der Waals surface area (Å²) in [4.78, 5) is 44.3. The fourth-order valence-corrected chi connectivity index (χ4v) is 8.08. The molecule has 9 heteroatoms. The number of Topliss-reactive ketones (excluding diaryl/α,β-unsaturated/α-hetero) is 1. The predicted molar refractivity (Wildman–Crippen MR) is 146 cm³/mol. The highest BCUT2D eigenvalue weighted by atomic mass is 32.1. The van der Waals surface area contributed by atoms with Crippen LogP contribution in [0.4, 0.5) is 0 Å². The van der Waals surface area contributed by atoms with Crippen LogP contribution in [0, 0.1) is 0 Å². The van der Waals surface area contributed by atoms with Crippen LogP contribution in [0.2, 0.25) is 0 Å². The van der Waals surface area contributed by atoms with E-state index in [1.807, 2.05) is 24.5 Å². The van der Waals surface area contributed by atoms with E-state index in [0.29, 0.717) is 17.0 Å². The molecule has 0 saturated carbocycles. The first-order valence-corrected chi connectivity index (χ1v) is 14.7. The molecule has 0 aromatic carbocycles. The average molecular weight is 540 g/mol. The number of fused-ring (bicyclic) bond motifs is 2. The van der Waals surface area contributed by atoms with E-state index < -0.39 is 11.7 Å². The Bertz CT molecular complexity index is 1310. The molecular weight excluding hydrogens is 506 g/mol. The number of esters is 1. The zero-order valence-corrected chi connectivity index (χ0v) is 23.1. The van der Waals surface area contributed by atoms with Crippen molar-refractivity contribution in [2.75, 3.05) is 19.7 Å². The Hall–Kier alpha value is -2.75. The van der Waals surface area contributed by atoms with Crippen LogP contribution in [-0.4, -0.2) is 46.8 Å². The van der Waals surface area contributed by atoms with Crippen molar-refractivity contribution in [1.29, 1.82) is 0 Å². The van der Waals surface area contributed by atoms with Crippen molar-refractivity contribution in [3.05, 3.63) is 61.4 Å². The number of likely N-dealkylation sites (N-methyl/N-ethyl adjacent to an activating group) is 1. The largest absolute Gasteiger partial charge is 0.462 e. The van der Waals surface area contributed by atoms with Gasteiger partial charge in [0.05, 0.1) is 18.6 Å². The van der Waals surface area contributed by atoms with Crippen LogP contribution in [0.3, 0.4) is 0 Å². The lowest BCUT2D eigenvalue weighted by Crippen LogP contribution is -2.33. The summed E-state index contributed by atoms with van der Waals surface area (Å²) in [6.45, 7) is 7.46. The minimum atomic E-state index is -0.606. The molecule has 3 aromatic rings. The van der Waals surface area contributed by atoms with Gasteiger partial charge in [-0.3, -0.25) is 14.5 Å². The molecule has 4 heterocycles. The smallest absolute Gasteiger partial charge is 0.339 e. The molecule has 1 amide bonds. The first-order valence-electron chi connectivity index (χ1n) is 13.1. The molecule has 5 rings (SSSR count). The van der Waals surface area contributed by atoms with E-state index in [1.54, 1.807) is 18.3 Å². The number of amides is 1. The number of carbonyl (C=O) groups excluding carboxylic acids is 3. The first-order chi connectivity index (χ1) is 18.0. The molecule has 0 atom stereocenters. The highest BCUT2D eigenvalue weighted by Gasteiger charge is 2.29. The predicted octanol–water partition coefficient (Wildman–Crippen LogP) is 4.46. The molecule has 7 nitrogen and oxygen atoms in total. The first kappa shape index (κ1) is 25.9. The molecule has 1 aliphatic carbocycles. The van der Waals surface area contributed by atoms with Gasteiger partial charge in [0.2, 0.25) is 5.78 Å². The minimum Gasteiger partial charge on any atom is -0.462 e. The van der Waals surface area contributed by atoms with Gasteiger partial charge in [-0.1, -0.05) is 6.92 Å². The Morgan fingerprint density at radius 3 is 2.54 bits per heavy atom. The molecule has 2 aliphatic rings. The molecule has 0 radical (unpaired) electrons. The maximum Gasteiger partial charge on any atom is 0.339 e. The SMILES string of the molecule is CCOC(=O)c1c(CC(=O)C(=O)NCc2c(-n3cccc3)sc3c2CCN(CC)C3)sc2c1CCCC2. The standard InChI is InChI=1S/C28H33N3O4S2/c1-3-30-14-11-18-20(27(37-24(18)17-30)31-12-7-8-13-31)16-29-26(33)21(32)15-23-25(28(34)35-4-2)19-9-5-6-10-22(19)36-23/h7-8,12-13H,3-6,9-11,14-17H2,1-2H3,(H,29,33). The van der Waals surface area contributed by atoms with Gasteiger partial charge >= 0.3 is 5.97 Å². The second kappa shape index (κ2) is 11.3. The molecule has 1 aliphatic heterocycles. The van der Waals surface area contributed by atoms with Crippen LogP contribution >= 0.6 is 22.7 Å². The van der Waals surface area contributed by atoms with Gasteiger partial charge < -0.3 is 14.6 Å². The lowest BCUT2D eigenvalue weighted by molar-refractivity contribution is -0.137. The number of aromatic nitrogens is 1. The van der Waals surface area contributed by atoms with Gasteiger partial charge in [-0.25, -0.2) is 4.79 Å². The second-order valence-electron chi connectivity index (χ2n) is 9.51. The average Bonchev–Trinajstić information content (AvgIpc) is 3.63. The van der Waals surface area contributed by atoms with Crippen LogP contribution in [0.5, 0.6) is 0 Å². The molecular formula is C28H33N3O4S2. The second-order valence-corrected chi connectivity index (χ2v) is 11.8. The molecule has 0 spiro atoms. The van der Waals surface area contributed by atoms with Gasteiger partial charge in [0.15, 0.2) is 0 Å². The number of ketones is 1. The van der Waals surface area contributed by atoms with E-state index in [1.165, 1.54) is 21.8 Å². The van der Waals surface area contributed by atoms with Gasteiger partial charge in [0.25, 0.3) is 5.91 Å². The van der Waals surface area contributed by atoms with E-state index in [4.69, 9.17) is 4.74 Å². The normalized spacial score (nSPS) is 15.2. The van der Waals surface area contributed by atoms with Gasteiger partial charge in [0.1, 0.15) is 5.00 Å². The number of carbonyl (C=O) groups is 3. The monoisotopic (exact) mass is 539 g/mol. The number of hydrogen-bond acceptors (Lipinski definition) is 7. The Labute approximate surface area is 225 Å². The Balaban J connectivity index is 1.33. The molecule has 196 valence electrons. The van der Waals surface area contributed by atoms with Crippen molar-refractivity contribution < 1.29 is 19.1 Å². The summed E-state index contributed by atoms with van der Waals surface area (Å²) >= 11 is 3.25. The van der Waals surface area contributed by atoms with Crippen molar-refractivity contribution >= 4 is 40.3 Å². The summed E-state index contributed by atoms with van der Waals surface area (Å²) in [6.07, 6.45) is 8.72. The summed E-state index contributed by atoms with van der Waals surface area (Å²) in [7, 11) is 0. The highest BCUT2D eigenvalue weighted by Crippen LogP contribution is 2.37. The Morgan fingerprint density at radius 2 is 1.78 bits per heavy atom. The zero-order chi connectivity index (χ0) is 25.9. The van der Waals surface area contributed by atoms with Gasteiger partial charge in [-0.15, -0.1) is 22.7 Å². The summed E-state index contributed by atoms with van der Waals surface area (Å²) in [6, 6.07) is 3.98. The Morgan fingerprint density at radius 1 is 1.00 bits per heavy atom. The topological polar surface area (TPSA) is 80.6 Å². The number of aryl methyl sites for hydroxylation is 1. The fourth-order valence-electron chi connectivity index (χ4n) is 5.32. The molecule has 0 saturated heterocycles. The Kier molecular flexibility index (Phi) is 7.92.